The van der Waals surface area contributed by atoms with Gasteiger partial charge in [0.1, 0.15) is 12.4 Å². The average molecular weight is 507 g/mol. The Hall–Kier alpha value is -4.37. The second-order valence-corrected chi connectivity index (χ2v) is 8.52. The smallest absolute Gasteiger partial charge is 0.388 e. The number of imidazole rings is 1. The molecule has 0 unspecified atom stereocenters. The Bertz CT molecular complexity index is 1450. The molecule has 0 aliphatic heterocycles. The predicted molar refractivity (Wildman–Crippen MR) is 139 cm³/mol. The molecule has 0 aliphatic carbocycles. The summed E-state index contributed by atoms with van der Waals surface area (Å²) in [6, 6.07) is 17.7. The van der Waals surface area contributed by atoms with E-state index in [0.717, 1.165) is 28.9 Å². The number of carbonyl (C=O) groups is 1. The van der Waals surface area contributed by atoms with Gasteiger partial charge in [0.05, 0.1) is 16.6 Å². The molecule has 6 nitrogen and oxygen atoms in total. The second-order valence-electron chi connectivity index (χ2n) is 8.52. The highest BCUT2D eigenvalue weighted by molar-refractivity contribution is 6.00. The van der Waals surface area contributed by atoms with Crippen LogP contribution in [-0.2, 0) is 17.6 Å². The fourth-order valence-corrected chi connectivity index (χ4v) is 3.76. The van der Waals surface area contributed by atoms with Gasteiger partial charge in [-0.15, -0.1) is 0 Å². The lowest BCUT2D eigenvalue weighted by molar-refractivity contribution is -0.137. The van der Waals surface area contributed by atoms with Gasteiger partial charge >= 0.3 is 6.18 Å². The van der Waals surface area contributed by atoms with Crippen LogP contribution >= 0.6 is 0 Å². The van der Waals surface area contributed by atoms with Crippen molar-refractivity contribution in [2.45, 2.75) is 12.8 Å². The fourth-order valence-electron chi connectivity index (χ4n) is 3.76. The highest BCUT2D eigenvalue weighted by Gasteiger charge is 2.30. The topological polar surface area (TPSA) is 81.2 Å². The van der Waals surface area contributed by atoms with Gasteiger partial charge in [0.25, 0.3) is 0 Å². The molecule has 0 spiro atoms. The molecule has 9 heteroatoms. The number of halogens is 3. The molecule has 0 saturated carbocycles. The molecule has 1 heterocycles. The van der Waals surface area contributed by atoms with E-state index in [-0.39, 0.29) is 12.5 Å². The molecule has 0 bridgehead atoms. The summed E-state index contributed by atoms with van der Waals surface area (Å²) < 4.78 is 39.1. The summed E-state index contributed by atoms with van der Waals surface area (Å²) in [5.74, 6) is 0.0427. The normalized spacial score (nSPS) is 12.3. The van der Waals surface area contributed by atoms with Gasteiger partial charge in [0.2, 0.25) is 5.91 Å². The van der Waals surface area contributed by atoms with Crippen molar-refractivity contribution in [2.24, 2.45) is 0 Å². The quantitative estimate of drug-likeness (QED) is 0.220. The zero-order valence-corrected chi connectivity index (χ0v) is 20.2. The summed E-state index contributed by atoms with van der Waals surface area (Å²) in [6.07, 6.45) is 0.162. The van der Waals surface area contributed by atoms with Crippen molar-refractivity contribution in [3.8, 4) is 0 Å². The van der Waals surface area contributed by atoms with E-state index in [1.54, 1.807) is 30.4 Å². The van der Waals surface area contributed by atoms with Crippen molar-refractivity contribution < 1.29 is 23.1 Å². The number of alkyl halides is 3. The number of nitrogens with one attached hydrogen (secondary N) is 2. The maximum Gasteiger partial charge on any atom is 0.416 e. The van der Waals surface area contributed by atoms with E-state index in [4.69, 9.17) is 0 Å². The zero-order valence-electron chi connectivity index (χ0n) is 20.2. The van der Waals surface area contributed by atoms with Crippen LogP contribution in [0.25, 0.3) is 16.6 Å². The first kappa shape index (κ1) is 25.7. The molecule has 0 saturated heterocycles. The van der Waals surface area contributed by atoms with Crippen molar-refractivity contribution in [3.63, 3.8) is 0 Å². The number of allylic oxidation sites excluding steroid dienone is 2. The summed E-state index contributed by atoms with van der Waals surface area (Å²) in [5.41, 5.74) is 4.16. The molecule has 3 aromatic carbocycles. The van der Waals surface area contributed by atoms with Crippen LogP contribution in [0.15, 0.2) is 85.0 Å². The van der Waals surface area contributed by atoms with Gasteiger partial charge in [0, 0.05) is 31.5 Å². The van der Waals surface area contributed by atoms with Gasteiger partial charge in [-0.25, -0.2) is 4.98 Å². The maximum absolute atomic E-state index is 13.0. The average Bonchev–Trinajstić information content (AvgIpc) is 3.29. The fraction of sp³-hybridized carbons (Fsp3) is 0.143. The van der Waals surface area contributed by atoms with Crippen LogP contribution in [0.3, 0.4) is 0 Å². The molecule has 0 fully saturated rings. The highest BCUT2D eigenvalue weighted by atomic mass is 19.4. The maximum atomic E-state index is 13.0. The van der Waals surface area contributed by atoms with E-state index in [2.05, 4.69) is 15.3 Å². The number of nitrogens with zero attached hydrogens (tertiary/aromatic N) is 2. The van der Waals surface area contributed by atoms with Crippen molar-refractivity contribution in [1.29, 1.82) is 0 Å². The van der Waals surface area contributed by atoms with Crippen LogP contribution in [0.4, 0.5) is 24.5 Å². The minimum absolute atomic E-state index is 0.218. The number of fused-ring (bicyclic) bond motifs is 1. The van der Waals surface area contributed by atoms with Gasteiger partial charge in [-0.2, -0.15) is 13.2 Å². The summed E-state index contributed by atoms with van der Waals surface area (Å²) in [5, 5.41) is 12.0. The first-order valence-corrected chi connectivity index (χ1v) is 11.4. The molecule has 4 aromatic rings. The van der Waals surface area contributed by atoms with Crippen molar-refractivity contribution in [1.82, 2.24) is 9.97 Å². The van der Waals surface area contributed by atoms with E-state index < -0.39 is 11.7 Å². The monoisotopic (exact) mass is 506 g/mol. The molecule has 0 atom stereocenters. The number of aromatic nitrogens is 2. The Balaban J connectivity index is 1.58. The van der Waals surface area contributed by atoms with Crippen LogP contribution in [0.1, 0.15) is 22.5 Å². The predicted octanol–water partition coefficient (Wildman–Crippen LogP) is 5.77. The van der Waals surface area contributed by atoms with Crippen molar-refractivity contribution >= 4 is 33.9 Å². The number of benzene rings is 3. The SMILES string of the molecule is CN(C)c1ccc(/C(=C\C=C\C(=O)Nc2ccc3[nH]c(CO)nc3c2)c2ccc(C(F)(F)F)cc2)cc1. The third kappa shape index (κ3) is 6.25. The summed E-state index contributed by atoms with van der Waals surface area (Å²) in [7, 11) is 3.83. The van der Waals surface area contributed by atoms with Crippen molar-refractivity contribution in [3.05, 3.63) is 107 Å². The number of carbonyl (C=O) groups excluding carboxylic acids is 1. The Morgan fingerprint density at radius 1 is 1.03 bits per heavy atom. The molecule has 1 amide bonds. The molecular formula is C28H25F3N4O2. The van der Waals surface area contributed by atoms with Gasteiger partial charge in [-0.05, 0) is 59.2 Å². The molecule has 0 aliphatic rings. The molecular weight excluding hydrogens is 481 g/mol. The van der Waals surface area contributed by atoms with Crippen LogP contribution in [-0.4, -0.2) is 35.1 Å². The third-order valence-electron chi connectivity index (χ3n) is 5.68. The lowest BCUT2D eigenvalue weighted by Crippen LogP contribution is -2.08. The van der Waals surface area contributed by atoms with Crippen LogP contribution in [0.2, 0.25) is 0 Å². The number of hydrogen-bond acceptors (Lipinski definition) is 4. The number of rotatable bonds is 7. The molecule has 190 valence electrons. The number of aliphatic hydroxyl groups is 1. The molecule has 1 aromatic heterocycles. The Kier molecular flexibility index (Phi) is 7.45. The second kappa shape index (κ2) is 10.7. The van der Waals surface area contributed by atoms with Crippen LogP contribution < -0.4 is 10.2 Å². The van der Waals surface area contributed by atoms with E-state index in [9.17, 15) is 23.1 Å². The molecule has 3 N–H and O–H groups in total. The summed E-state index contributed by atoms with van der Waals surface area (Å²) >= 11 is 0. The van der Waals surface area contributed by atoms with Gasteiger partial charge < -0.3 is 20.3 Å². The minimum Gasteiger partial charge on any atom is -0.388 e. The van der Waals surface area contributed by atoms with E-state index in [0.29, 0.717) is 28.2 Å². The minimum atomic E-state index is -4.42. The van der Waals surface area contributed by atoms with Crippen molar-refractivity contribution in [2.75, 3.05) is 24.3 Å². The molecule has 37 heavy (non-hydrogen) atoms. The van der Waals surface area contributed by atoms with Crippen LogP contribution in [0.5, 0.6) is 0 Å². The standard InChI is InChI=1S/C28H25F3N4O2/c1-35(2)22-13-8-19(9-14-22)23(18-6-10-20(11-7-18)28(29,30)31)4-3-5-27(37)32-21-12-15-24-25(16-21)34-26(17-36)33-24/h3-16,36H,17H2,1-2H3,(H,32,37)(H,33,34)/b5-3+,23-4-. The van der Waals surface area contributed by atoms with E-state index in [1.807, 2.05) is 43.3 Å². The highest BCUT2D eigenvalue weighted by Crippen LogP contribution is 2.32. The first-order chi connectivity index (χ1) is 17.6. The number of hydrogen-bond donors (Lipinski definition) is 3. The Labute approximate surface area is 211 Å². The lowest BCUT2D eigenvalue weighted by Gasteiger charge is -2.14. The lowest BCUT2D eigenvalue weighted by atomic mass is 9.96. The van der Waals surface area contributed by atoms with Gasteiger partial charge in [-0.3, -0.25) is 4.79 Å². The number of H-pyrrole nitrogens is 1. The summed E-state index contributed by atoms with van der Waals surface area (Å²) in [6.45, 7) is -0.218. The number of aliphatic hydroxyl groups excluding tert-OH is 1. The molecule has 4 rings (SSSR count). The van der Waals surface area contributed by atoms with E-state index >= 15 is 0 Å². The Morgan fingerprint density at radius 2 is 1.68 bits per heavy atom. The summed E-state index contributed by atoms with van der Waals surface area (Å²) in [4.78, 5) is 21.7. The first-order valence-electron chi connectivity index (χ1n) is 11.4. The number of aromatic amines is 1. The molecule has 0 radical (unpaired) electrons. The zero-order chi connectivity index (χ0) is 26.6. The number of anilines is 2. The largest absolute Gasteiger partial charge is 0.416 e. The Morgan fingerprint density at radius 3 is 2.27 bits per heavy atom. The van der Waals surface area contributed by atoms with Crippen LogP contribution in [0, 0.1) is 0 Å². The third-order valence-corrected chi connectivity index (χ3v) is 5.68. The van der Waals surface area contributed by atoms with Gasteiger partial charge in [-0.1, -0.05) is 36.4 Å². The number of amides is 1. The van der Waals surface area contributed by atoms with E-state index in [1.165, 1.54) is 18.2 Å². The van der Waals surface area contributed by atoms with Gasteiger partial charge in [0.15, 0.2) is 0 Å².